The molecule has 0 radical (unpaired) electrons. The monoisotopic (exact) mass is 802 g/mol. The number of aromatic nitrogens is 1. The topological polar surface area (TPSA) is 16.1 Å². The summed E-state index contributed by atoms with van der Waals surface area (Å²) in [6.45, 7) is 0. The third-order valence-electron chi connectivity index (χ3n) is 12.2. The molecule has 0 aliphatic carbocycles. The SMILES string of the molecule is C(=Cc1ccc(N(c2ccccc2)c2ccccc2)cc1)c1ccc(-c2ccc(-c3c4ccccc4c(-c4ccc(-c5cccnc5)c5ccccc45)c4ccccc34)cc2)cc1. The Kier molecular flexibility index (Phi) is 9.93. The summed E-state index contributed by atoms with van der Waals surface area (Å²) in [6, 6.07) is 83.0. The lowest BCUT2D eigenvalue weighted by Gasteiger charge is -2.25. The fourth-order valence-electron chi connectivity index (χ4n) is 9.16. The Bertz CT molecular complexity index is 3300. The van der Waals surface area contributed by atoms with Crippen LogP contribution in [-0.2, 0) is 0 Å². The van der Waals surface area contributed by atoms with Crippen LogP contribution in [0.1, 0.15) is 11.1 Å². The van der Waals surface area contributed by atoms with E-state index in [2.05, 4.69) is 246 Å². The van der Waals surface area contributed by atoms with Crippen molar-refractivity contribution in [3.63, 3.8) is 0 Å². The molecule has 1 heterocycles. The van der Waals surface area contributed by atoms with E-state index < -0.39 is 0 Å². The zero-order valence-corrected chi connectivity index (χ0v) is 34.6. The Balaban J connectivity index is 0.885. The van der Waals surface area contributed by atoms with E-state index in [9.17, 15) is 0 Å². The number of hydrogen-bond acceptors (Lipinski definition) is 2. The number of para-hydroxylation sites is 2. The molecule has 11 rings (SSSR count). The van der Waals surface area contributed by atoms with Gasteiger partial charge in [0.2, 0.25) is 0 Å². The predicted molar refractivity (Wildman–Crippen MR) is 269 cm³/mol. The van der Waals surface area contributed by atoms with Gasteiger partial charge in [0.25, 0.3) is 0 Å². The predicted octanol–water partition coefficient (Wildman–Crippen LogP) is 16.8. The Morgan fingerprint density at radius 3 is 1.22 bits per heavy atom. The van der Waals surface area contributed by atoms with Crippen LogP contribution in [0.5, 0.6) is 0 Å². The molecule has 2 heteroatoms. The third-order valence-corrected chi connectivity index (χ3v) is 12.2. The Labute approximate surface area is 368 Å². The van der Waals surface area contributed by atoms with Gasteiger partial charge in [-0.15, -0.1) is 0 Å². The molecular weight excluding hydrogens is 761 g/mol. The highest BCUT2D eigenvalue weighted by atomic mass is 15.1. The number of nitrogens with zero attached hydrogens (tertiary/aromatic N) is 2. The second kappa shape index (κ2) is 16.6. The van der Waals surface area contributed by atoms with E-state index in [0.29, 0.717) is 0 Å². The first-order chi connectivity index (χ1) is 31.3. The van der Waals surface area contributed by atoms with E-state index in [1.165, 1.54) is 71.3 Å². The highest BCUT2D eigenvalue weighted by Gasteiger charge is 2.19. The molecule has 63 heavy (non-hydrogen) atoms. The van der Waals surface area contributed by atoms with E-state index in [4.69, 9.17) is 0 Å². The molecule has 0 spiro atoms. The number of hydrogen-bond donors (Lipinski definition) is 0. The number of rotatable bonds is 9. The van der Waals surface area contributed by atoms with Gasteiger partial charge in [-0.3, -0.25) is 4.98 Å². The molecule has 0 saturated carbocycles. The molecule has 2 nitrogen and oxygen atoms in total. The van der Waals surface area contributed by atoms with Gasteiger partial charge in [0.15, 0.2) is 0 Å². The van der Waals surface area contributed by atoms with Crippen molar-refractivity contribution in [3.8, 4) is 44.5 Å². The van der Waals surface area contributed by atoms with Crippen LogP contribution >= 0.6 is 0 Å². The van der Waals surface area contributed by atoms with E-state index in [1.807, 2.05) is 18.5 Å². The summed E-state index contributed by atoms with van der Waals surface area (Å²) in [5.74, 6) is 0. The minimum absolute atomic E-state index is 1.12. The number of anilines is 3. The molecule has 0 aliphatic rings. The lowest BCUT2D eigenvalue weighted by atomic mass is 9.83. The van der Waals surface area contributed by atoms with Crippen molar-refractivity contribution in [2.75, 3.05) is 4.90 Å². The lowest BCUT2D eigenvalue weighted by Crippen LogP contribution is -2.09. The van der Waals surface area contributed by atoms with Crippen LogP contribution < -0.4 is 4.90 Å². The van der Waals surface area contributed by atoms with Crippen LogP contribution in [0.3, 0.4) is 0 Å². The van der Waals surface area contributed by atoms with Crippen molar-refractivity contribution in [3.05, 3.63) is 254 Å². The highest BCUT2D eigenvalue weighted by molar-refractivity contribution is 6.24. The summed E-state index contributed by atoms with van der Waals surface area (Å²) in [5, 5.41) is 7.44. The quantitative estimate of drug-likeness (QED) is 0.107. The van der Waals surface area contributed by atoms with Crippen molar-refractivity contribution in [1.29, 1.82) is 0 Å². The molecule has 10 aromatic carbocycles. The largest absolute Gasteiger partial charge is 0.311 e. The van der Waals surface area contributed by atoms with Crippen molar-refractivity contribution in [1.82, 2.24) is 4.98 Å². The molecule has 296 valence electrons. The van der Waals surface area contributed by atoms with E-state index >= 15 is 0 Å². The van der Waals surface area contributed by atoms with Crippen molar-refractivity contribution in [2.24, 2.45) is 0 Å². The van der Waals surface area contributed by atoms with Gasteiger partial charge in [0.05, 0.1) is 0 Å². The first kappa shape index (κ1) is 37.7. The first-order valence-electron chi connectivity index (χ1n) is 21.5. The van der Waals surface area contributed by atoms with Gasteiger partial charge in [-0.1, -0.05) is 200 Å². The van der Waals surface area contributed by atoms with Crippen molar-refractivity contribution >= 4 is 61.5 Å². The van der Waals surface area contributed by atoms with Gasteiger partial charge >= 0.3 is 0 Å². The van der Waals surface area contributed by atoms with Crippen LogP contribution in [0, 0.1) is 0 Å². The minimum Gasteiger partial charge on any atom is -0.311 e. The summed E-state index contributed by atoms with van der Waals surface area (Å²) in [6.07, 6.45) is 8.15. The summed E-state index contributed by atoms with van der Waals surface area (Å²) < 4.78 is 0. The molecule has 11 aromatic rings. The van der Waals surface area contributed by atoms with E-state index in [-0.39, 0.29) is 0 Å². The lowest BCUT2D eigenvalue weighted by molar-refractivity contribution is 1.28. The molecule has 0 fully saturated rings. The fourth-order valence-corrected chi connectivity index (χ4v) is 9.16. The van der Waals surface area contributed by atoms with Gasteiger partial charge in [-0.25, -0.2) is 0 Å². The summed E-state index contributed by atoms with van der Waals surface area (Å²) >= 11 is 0. The molecule has 0 bridgehead atoms. The molecule has 0 aliphatic heterocycles. The summed E-state index contributed by atoms with van der Waals surface area (Å²) in [5.41, 5.74) is 15.3. The maximum absolute atomic E-state index is 4.43. The van der Waals surface area contributed by atoms with E-state index in [0.717, 1.165) is 33.8 Å². The summed E-state index contributed by atoms with van der Waals surface area (Å²) in [7, 11) is 0. The van der Waals surface area contributed by atoms with E-state index in [1.54, 1.807) is 0 Å². The zero-order valence-electron chi connectivity index (χ0n) is 34.6. The van der Waals surface area contributed by atoms with Crippen LogP contribution in [0.15, 0.2) is 243 Å². The van der Waals surface area contributed by atoms with Crippen LogP contribution in [0.25, 0.3) is 89.0 Å². The molecular formula is C61H42N2. The van der Waals surface area contributed by atoms with Gasteiger partial charge in [0, 0.05) is 35.0 Å². The number of fused-ring (bicyclic) bond motifs is 3. The molecule has 0 N–H and O–H groups in total. The second-order valence-electron chi connectivity index (χ2n) is 15.9. The normalized spacial score (nSPS) is 11.4. The molecule has 1 aromatic heterocycles. The highest BCUT2D eigenvalue weighted by Crippen LogP contribution is 2.46. The van der Waals surface area contributed by atoms with Crippen molar-refractivity contribution < 1.29 is 0 Å². The second-order valence-corrected chi connectivity index (χ2v) is 15.9. The Morgan fingerprint density at radius 1 is 0.286 bits per heavy atom. The molecule has 0 amide bonds. The number of pyridine rings is 1. The smallest absolute Gasteiger partial charge is 0.0462 e. The van der Waals surface area contributed by atoms with Gasteiger partial charge in [-0.2, -0.15) is 0 Å². The molecule has 0 unspecified atom stereocenters. The standard InChI is InChI=1S/C61H42N2/c1-3-15-49(16-4-1)63(50-17-5-2-6-18-50)51-37-29-44(30-38-51)26-25-43-27-31-45(32-28-43)46-33-35-47(36-34-46)60-55-21-9-11-23-57(55)61(58-24-12-10-22-56(58)60)59-40-39-52(48-14-13-41-62-42-48)53-19-7-8-20-54(53)59/h1-42H. The van der Waals surface area contributed by atoms with Crippen LogP contribution in [0.4, 0.5) is 17.1 Å². The molecule has 0 saturated heterocycles. The Morgan fingerprint density at radius 2 is 0.698 bits per heavy atom. The Hall–Kier alpha value is -8.33. The van der Waals surface area contributed by atoms with Crippen LogP contribution in [-0.4, -0.2) is 4.98 Å². The zero-order chi connectivity index (χ0) is 42.0. The maximum atomic E-state index is 4.43. The first-order valence-corrected chi connectivity index (χ1v) is 21.5. The average molecular weight is 803 g/mol. The fraction of sp³-hybridized carbons (Fsp3) is 0. The molecule has 0 atom stereocenters. The minimum atomic E-state index is 1.12. The number of benzene rings is 10. The van der Waals surface area contributed by atoms with Gasteiger partial charge in [0.1, 0.15) is 0 Å². The third kappa shape index (κ3) is 7.24. The van der Waals surface area contributed by atoms with Gasteiger partial charge in [-0.05, 0) is 125 Å². The average Bonchev–Trinajstić information content (AvgIpc) is 3.36. The van der Waals surface area contributed by atoms with Crippen LogP contribution in [0.2, 0.25) is 0 Å². The maximum Gasteiger partial charge on any atom is 0.0462 e. The van der Waals surface area contributed by atoms with Gasteiger partial charge < -0.3 is 4.90 Å². The van der Waals surface area contributed by atoms with Crippen molar-refractivity contribution in [2.45, 2.75) is 0 Å². The summed E-state index contributed by atoms with van der Waals surface area (Å²) in [4.78, 5) is 6.71.